The van der Waals surface area contributed by atoms with E-state index in [9.17, 15) is 19.2 Å². The summed E-state index contributed by atoms with van der Waals surface area (Å²) in [5.74, 6) is -2.14. The fourth-order valence-electron chi connectivity index (χ4n) is 1.70. The molecule has 2 rings (SSSR count). The summed E-state index contributed by atoms with van der Waals surface area (Å²) in [7, 11) is 0. The summed E-state index contributed by atoms with van der Waals surface area (Å²) in [6, 6.07) is 3.73. The van der Waals surface area contributed by atoms with Crippen LogP contribution in [0.2, 0.25) is 10.0 Å². The van der Waals surface area contributed by atoms with E-state index in [-0.39, 0.29) is 16.6 Å². The zero-order valence-electron chi connectivity index (χ0n) is 12.9. The van der Waals surface area contributed by atoms with E-state index < -0.39 is 37.0 Å². The molecule has 4 amide bonds. The summed E-state index contributed by atoms with van der Waals surface area (Å²) in [4.78, 5) is 46.1. The smallest absolute Gasteiger partial charge is 0.325 e. The van der Waals surface area contributed by atoms with Gasteiger partial charge in [-0.2, -0.15) is 0 Å². The van der Waals surface area contributed by atoms with Crippen molar-refractivity contribution in [3.8, 4) is 0 Å². The lowest BCUT2D eigenvalue weighted by Crippen LogP contribution is -2.42. The zero-order chi connectivity index (χ0) is 18.4. The standard InChI is InChI=1S/C15H15Cl2N3O5/c16-10-4-1-8(5-11(10)17)14(23)18-6-13(22)25-7-12(21)20-15(24)19-9-2-3-9/h1,4-5,9H,2-3,6-7H2,(H,18,23)(H2,19,20,21,24). The van der Waals surface area contributed by atoms with Gasteiger partial charge in [-0.05, 0) is 31.0 Å². The molecule has 0 radical (unpaired) electrons. The number of benzene rings is 1. The number of hydrogen-bond donors (Lipinski definition) is 3. The molecule has 1 aromatic rings. The summed E-state index contributed by atoms with van der Waals surface area (Å²) >= 11 is 11.5. The van der Waals surface area contributed by atoms with E-state index in [0.717, 1.165) is 12.8 Å². The van der Waals surface area contributed by atoms with Crippen molar-refractivity contribution in [2.24, 2.45) is 0 Å². The maximum absolute atomic E-state index is 11.9. The molecular weight excluding hydrogens is 373 g/mol. The molecule has 0 spiro atoms. The number of amides is 4. The minimum atomic E-state index is -0.828. The highest BCUT2D eigenvalue weighted by Gasteiger charge is 2.24. The molecule has 0 aromatic heterocycles. The summed E-state index contributed by atoms with van der Waals surface area (Å²) in [6.07, 6.45) is 1.77. The minimum Gasteiger partial charge on any atom is -0.454 e. The van der Waals surface area contributed by atoms with Gasteiger partial charge in [-0.15, -0.1) is 0 Å². The highest BCUT2D eigenvalue weighted by atomic mass is 35.5. The number of esters is 1. The van der Waals surface area contributed by atoms with Gasteiger partial charge in [0, 0.05) is 11.6 Å². The van der Waals surface area contributed by atoms with Crippen molar-refractivity contribution in [2.75, 3.05) is 13.2 Å². The number of carbonyl (C=O) groups is 4. The highest BCUT2D eigenvalue weighted by Crippen LogP contribution is 2.22. The second kappa shape index (κ2) is 8.68. The molecule has 0 atom stereocenters. The van der Waals surface area contributed by atoms with Gasteiger partial charge in [0.2, 0.25) is 0 Å². The molecule has 0 saturated heterocycles. The number of carbonyl (C=O) groups excluding carboxylic acids is 4. The molecule has 10 heteroatoms. The molecule has 3 N–H and O–H groups in total. The summed E-state index contributed by atoms with van der Waals surface area (Å²) in [5, 5.41) is 7.40. The van der Waals surface area contributed by atoms with Crippen molar-refractivity contribution in [2.45, 2.75) is 18.9 Å². The summed E-state index contributed by atoms with van der Waals surface area (Å²) in [6.45, 7) is -1.07. The maximum atomic E-state index is 11.9. The first-order valence-corrected chi connectivity index (χ1v) is 8.10. The average molecular weight is 388 g/mol. The lowest BCUT2D eigenvalue weighted by atomic mass is 10.2. The van der Waals surface area contributed by atoms with Gasteiger partial charge in [0.15, 0.2) is 6.61 Å². The number of imide groups is 1. The van der Waals surface area contributed by atoms with Gasteiger partial charge in [-0.1, -0.05) is 23.2 Å². The molecule has 0 bridgehead atoms. The van der Waals surface area contributed by atoms with E-state index in [1.807, 2.05) is 5.32 Å². The van der Waals surface area contributed by atoms with Crippen LogP contribution in [-0.4, -0.2) is 43.0 Å². The molecule has 8 nitrogen and oxygen atoms in total. The monoisotopic (exact) mass is 387 g/mol. The first kappa shape index (κ1) is 19.0. The van der Waals surface area contributed by atoms with E-state index in [1.54, 1.807) is 0 Å². The Hall–Kier alpha value is -2.32. The number of nitrogens with one attached hydrogen (secondary N) is 3. The summed E-state index contributed by atoms with van der Waals surface area (Å²) < 4.78 is 4.66. The molecule has 0 heterocycles. The Kier molecular flexibility index (Phi) is 6.60. The van der Waals surface area contributed by atoms with Crippen molar-refractivity contribution in [3.63, 3.8) is 0 Å². The Balaban J connectivity index is 1.67. The number of ether oxygens (including phenoxy) is 1. The van der Waals surface area contributed by atoms with Crippen LogP contribution < -0.4 is 16.0 Å². The van der Waals surface area contributed by atoms with Crippen molar-refractivity contribution in [1.29, 1.82) is 0 Å². The maximum Gasteiger partial charge on any atom is 0.325 e. The number of rotatable bonds is 6. The third-order valence-corrected chi connectivity index (χ3v) is 3.84. The van der Waals surface area contributed by atoms with E-state index in [4.69, 9.17) is 23.2 Å². The molecule has 1 aliphatic carbocycles. The second-order valence-corrected chi connectivity index (χ2v) is 6.08. The lowest BCUT2D eigenvalue weighted by Gasteiger charge is -2.08. The van der Waals surface area contributed by atoms with Gasteiger partial charge in [0.05, 0.1) is 10.0 Å². The molecule has 1 fully saturated rings. The van der Waals surface area contributed by atoms with Crippen LogP contribution in [0.15, 0.2) is 18.2 Å². The van der Waals surface area contributed by atoms with E-state index >= 15 is 0 Å². The van der Waals surface area contributed by atoms with Crippen LogP contribution in [0.3, 0.4) is 0 Å². The fraction of sp³-hybridized carbons (Fsp3) is 0.333. The van der Waals surface area contributed by atoms with Crippen molar-refractivity contribution < 1.29 is 23.9 Å². The first-order chi connectivity index (χ1) is 11.8. The molecule has 0 aliphatic heterocycles. The van der Waals surface area contributed by atoms with Gasteiger partial charge in [0.1, 0.15) is 6.54 Å². The third kappa shape index (κ3) is 6.60. The molecule has 134 valence electrons. The Morgan fingerprint density at radius 3 is 2.48 bits per heavy atom. The zero-order valence-corrected chi connectivity index (χ0v) is 14.4. The van der Waals surface area contributed by atoms with Gasteiger partial charge in [-0.25, -0.2) is 4.79 Å². The fourth-order valence-corrected chi connectivity index (χ4v) is 2.00. The Morgan fingerprint density at radius 2 is 1.84 bits per heavy atom. The van der Waals surface area contributed by atoms with Crippen LogP contribution in [0.4, 0.5) is 4.79 Å². The number of urea groups is 1. The Bertz CT molecular complexity index is 706. The van der Waals surface area contributed by atoms with Crippen LogP contribution in [0.5, 0.6) is 0 Å². The van der Waals surface area contributed by atoms with E-state index in [2.05, 4.69) is 15.4 Å². The normalized spacial score (nSPS) is 12.9. The predicted octanol–water partition coefficient (Wildman–Crippen LogP) is 1.25. The molecule has 1 saturated carbocycles. The molecule has 1 aromatic carbocycles. The molecule has 1 aliphatic rings. The van der Waals surface area contributed by atoms with Crippen molar-refractivity contribution in [1.82, 2.24) is 16.0 Å². The first-order valence-electron chi connectivity index (χ1n) is 7.34. The lowest BCUT2D eigenvalue weighted by molar-refractivity contribution is -0.147. The van der Waals surface area contributed by atoms with E-state index in [1.165, 1.54) is 18.2 Å². The quantitative estimate of drug-likeness (QED) is 0.635. The van der Waals surface area contributed by atoms with E-state index in [0.29, 0.717) is 5.02 Å². The third-order valence-electron chi connectivity index (χ3n) is 3.10. The average Bonchev–Trinajstić information content (AvgIpc) is 3.36. The molecular formula is C15H15Cl2N3O5. The predicted molar refractivity (Wildman–Crippen MR) is 89.5 cm³/mol. The van der Waals surface area contributed by atoms with Crippen LogP contribution in [-0.2, 0) is 14.3 Å². The van der Waals surface area contributed by atoms with Crippen molar-refractivity contribution >= 4 is 47.0 Å². The van der Waals surface area contributed by atoms with Crippen LogP contribution in [0, 0.1) is 0 Å². The highest BCUT2D eigenvalue weighted by molar-refractivity contribution is 6.42. The Labute approximate surface area is 153 Å². The van der Waals surface area contributed by atoms with Crippen molar-refractivity contribution in [3.05, 3.63) is 33.8 Å². The SMILES string of the molecule is O=C(COC(=O)CNC(=O)c1ccc(Cl)c(Cl)c1)NC(=O)NC1CC1. The van der Waals surface area contributed by atoms with Gasteiger partial charge < -0.3 is 15.4 Å². The van der Waals surface area contributed by atoms with Gasteiger partial charge in [0.25, 0.3) is 11.8 Å². The summed E-state index contributed by atoms with van der Waals surface area (Å²) in [5.41, 5.74) is 0.219. The minimum absolute atomic E-state index is 0.104. The van der Waals surface area contributed by atoms with Gasteiger partial charge in [-0.3, -0.25) is 19.7 Å². The number of hydrogen-bond acceptors (Lipinski definition) is 5. The topological polar surface area (TPSA) is 114 Å². The second-order valence-electron chi connectivity index (χ2n) is 5.27. The Morgan fingerprint density at radius 1 is 1.12 bits per heavy atom. The van der Waals surface area contributed by atoms with Crippen LogP contribution in [0.1, 0.15) is 23.2 Å². The van der Waals surface area contributed by atoms with Crippen LogP contribution >= 0.6 is 23.2 Å². The van der Waals surface area contributed by atoms with Gasteiger partial charge >= 0.3 is 12.0 Å². The largest absolute Gasteiger partial charge is 0.454 e. The number of halogens is 2. The molecule has 0 unspecified atom stereocenters. The van der Waals surface area contributed by atoms with Crippen LogP contribution in [0.25, 0.3) is 0 Å². The molecule has 25 heavy (non-hydrogen) atoms.